The fraction of sp³-hybridized carbons (Fsp3) is 0.182. The monoisotopic (exact) mass is 251 g/mol. The Morgan fingerprint density at radius 1 is 1.65 bits per heavy atom. The SMILES string of the molecule is C=C(Cl)CNC(=O)c1ccc2c(c1)B(O)OC2. The molecule has 0 radical (unpaired) electrons. The van der Waals surface area contributed by atoms with Gasteiger partial charge >= 0.3 is 7.12 Å². The molecule has 0 saturated carbocycles. The molecule has 6 heteroatoms. The van der Waals surface area contributed by atoms with Gasteiger partial charge in [-0.25, -0.2) is 0 Å². The molecular formula is C11H11BClNO3. The lowest BCUT2D eigenvalue weighted by Gasteiger charge is -2.05. The van der Waals surface area contributed by atoms with Crippen molar-refractivity contribution in [1.82, 2.24) is 5.32 Å². The lowest BCUT2D eigenvalue weighted by Crippen LogP contribution is -2.31. The van der Waals surface area contributed by atoms with Gasteiger partial charge in [-0.1, -0.05) is 24.2 Å². The van der Waals surface area contributed by atoms with Crippen LogP contribution in [-0.2, 0) is 11.3 Å². The summed E-state index contributed by atoms with van der Waals surface area (Å²) >= 11 is 5.56. The molecular weight excluding hydrogens is 240 g/mol. The van der Waals surface area contributed by atoms with Gasteiger partial charge in [0, 0.05) is 10.6 Å². The fourth-order valence-electron chi connectivity index (χ4n) is 1.63. The van der Waals surface area contributed by atoms with Crippen LogP contribution in [0, 0.1) is 0 Å². The van der Waals surface area contributed by atoms with Crippen LogP contribution >= 0.6 is 11.6 Å². The maximum atomic E-state index is 11.7. The van der Waals surface area contributed by atoms with Crippen molar-refractivity contribution in [1.29, 1.82) is 0 Å². The number of fused-ring (bicyclic) bond motifs is 1. The van der Waals surface area contributed by atoms with Crippen molar-refractivity contribution in [2.45, 2.75) is 6.61 Å². The lowest BCUT2D eigenvalue weighted by molar-refractivity contribution is 0.0957. The molecule has 17 heavy (non-hydrogen) atoms. The van der Waals surface area contributed by atoms with Gasteiger partial charge in [-0.2, -0.15) is 0 Å². The molecule has 0 saturated heterocycles. The standard InChI is InChI=1S/C11H11BClNO3/c1-7(13)5-14-11(15)8-2-3-9-6-17-12(16)10(9)4-8/h2-4,16H,1,5-6H2,(H,14,15). The van der Waals surface area contributed by atoms with E-state index in [4.69, 9.17) is 16.3 Å². The minimum Gasteiger partial charge on any atom is -0.423 e. The zero-order valence-corrected chi connectivity index (χ0v) is 9.83. The summed E-state index contributed by atoms with van der Waals surface area (Å²) in [7, 11) is -0.944. The number of carbonyl (C=O) groups is 1. The van der Waals surface area contributed by atoms with E-state index in [0.29, 0.717) is 22.7 Å². The van der Waals surface area contributed by atoms with Crippen LogP contribution in [0.5, 0.6) is 0 Å². The van der Waals surface area contributed by atoms with Crippen LogP contribution in [0.15, 0.2) is 29.8 Å². The smallest absolute Gasteiger partial charge is 0.423 e. The molecule has 1 aliphatic heterocycles. The van der Waals surface area contributed by atoms with Crippen molar-refractivity contribution < 1.29 is 14.5 Å². The number of hydrogen-bond acceptors (Lipinski definition) is 3. The number of nitrogens with one attached hydrogen (secondary N) is 1. The molecule has 2 rings (SSSR count). The van der Waals surface area contributed by atoms with Gasteiger partial charge in [0.2, 0.25) is 0 Å². The molecule has 0 spiro atoms. The Labute approximate surface area is 104 Å². The molecule has 1 aromatic carbocycles. The highest BCUT2D eigenvalue weighted by Gasteiger charge is 2.27. The van der Waals surface area contributed by atoms with Crippen molar-refractivity contribution in [2.24, 2.45) is 0 Å². The van der Waals surface area contributed by atoms with E-state index in [-0.39, 0.29) is 12.5 Å². The number of benzene rings is 1. The molecule has 4 nitrogen and oxygen atoms in total. The minimum atomic E-state index is -0.944. The zero-order chi connectivity index (χ0) is 12.4. The third-order valence-electron chi connectivity index (χ3n) is 2.51. The van der Waals surface area contributed by atoms with Crippen LogP contribution < -0.4 is 10.8 Å². The number of carbonyl (C=O) groups excluding carboxylic acids is 1. The first kappa shape index (κ1) is 12.2. The van der Waals surface area contributed by atoms with Gasteiger partial charge in [-0.15, -0.1) is 0 Å². The Morgan fingerprint density at radius 2 is 2.41 bits per heavy atom. The second kappa shape index (κ2) is 4.92. The Hall–Kier alpha value is -1.30. The highest BCUT2D eigenvalue weighted by Crippen LogP contribution is 2.11. The summed E-state index contributed by atoms with van der Waals surface area (Å²) in [4.78, 5) is 11.7. The highest BCUT2D eigenvalue weighted by atomic mass is 35.5. The average molecular weight is 251 g/mol. The van der Waals surface area contributed by atoms with Gasteiger partial charge < -0.3 is 15.0 Å². The number of hydrogen-bond donors (Lipinski definition) is 2. The first-order chi connectivity index (χ1) is 8.08. The van der Waals surface area contributed by atoms with Gasteiger partial charge in [0.05, 0.1) is 13.2 Å². The van der Waals surface area contributed by atoms with Crippen LogP contribution in [0.4, 0.5) is 0 Å². The molecule has 1 amide bonds. The summed E-state index contributed by atoms with van der Waals surface area (Å²) in [5.41, 5.74) is 2.00. The van der Waals surface area contributed by atoms with Crippen LogP contribution in [0.2, 0.25) is 0 Å². The first-order valence-electron chi connectivity index (χ1n) is 5.12. The first-order valence-corrected chi connectivity index (χ1v) is 5.49. The Kier molecular flexibility index (Phi) is 3.52. The Balaban J connectivity index is 2.14. The lowest BCUT2D eigenvalue weighted by atomic mass is 9.79. The number of halogens is 1. The summed E-state index contributed by atoms with van der Waals surface area (Å²) in [5, 5.41) is 12.5. The zero-order valence-electron chi connectivity index (χ0n) is 9.07. The molecule has 0 aromatic heterocycles. The maximum absolute atomic E-state index is 11.7. The minimum absolute atomic E-state index is 0.219. The van der Waals surface area contributed by atoms with Crippen molar-refractivity contribution in [3.63, 3.8) is 0 Å². The fourth-order valence-corrected chi connectivity index (χ4v) is 1.70. The average Bonchev–Trinajstić information content (AvgIpc) is 2.67. The maximum Gasteiger partial charge on any atom is 0.491 e. The predicted octanol–water partition coefficient (Wildman–Crippen LogP) is 0.387. The van der Waals surface area contributed by atoms with E-state index < -0.39 is 7.12 Å². The van der Waals surface area contributed by atoms with E-state index in [9.17, 15) is 9.82 Å². The van der Waals surface area contributed by atoms with Crippen LogP contribution in [0.1, 0.15) is 15.9 Å². The van der Waals surface area contributed by atoms with E-state index >= 15 is 0 Å². The molecule has 88 valence electrons. The van der Waals surface area contributed by atoms with E-state index in [1.165, 1.54) is 0 Å². The van der Waals surface area contributed by atoms with Crippen LogP contribution in [0.25, 0.3) is 0 Å². The quantitative estimate of drug-likeness (QED) is 0.764. The third kappa shape index (κ3) is 2.69. The Morgan fingerprint density at radius 3 is 3.12 bits per heavy atom. The molecule has 0 aliphatic carbocycles. The van der Waals surface area contributed by atoms with E-state index in [0.717, 1.165) is 5.56 Å². The second-order valence-corrected chi connectivity index (χ2v) is 4.31. The molecule has 1 heterocycles. The van der Waals surface area contributed by atoms with Gasteiger partial charge in [-0.05, 0) is 23.2 Å². The van der Waals surface area contributed by atoms with E-state index in [1.54, 1.807) is 18.2 Å². The van der Waals surface area contributed by atoms with Gasteiger partial charge in [0.15, 0.2) is 0 Å². The molecule has 0 atom stereocenters. The number of amides is 1. The highest BCUT2D eigenvalue weighted by molar-refractivity contribution is 6.61. The van der Waals surface area contributed by atoms with E-state index in [2.05, 4.69) is 11.9 Å². The summed E-state index contributed by atoms with van der Waals surface area (Å²) in [5.74, 6) is -0.256. The van der Waals surface area contributed by atoms with E-state index in [1.807, 2.05) is 0 Å². The summed E-state index contributed by atoms with van der Waals surface area (Å²) in [6, 6.07) is 5.09. The largest absolute Gasteiger partial charge is 0.491 e. The summed E-state index contributed by atoms with van der Waals surface area (Å²) < 4.78 is 5.04. The van der Waals surface area contributed by atoms with Crippen molar-refractivity contribution in [3.05, 3.63) is 40.9 Å². The van der Waals surface area contributed by atoms with Gasteiger partial charge in [0.25, 0.3) is 5.91 Å². The molecule has 0 unspecified atom stereocenters. The normalized spacial score (nSPS) is 13.4. The summed E-state index contributed by atoms with van der Waals surface area (Å²) in [6.45, 7) is 4.07. The predicted molar refractivity (Wildman–Crippen MR) is 66.2 cm³/mol. The molecule has 1 aromatic rings. The van der Waals surface area contributed by atoms with Crippen molar-refractivity contribution in [3.8, 4) is 0 Å². The molecule has 1 aliphatic rings. The topological polar surface area (TPSA) is 58.6 Å². The summed E-state index contributed by atoms with van der Waals surface area (Å²) in [6.07, 6.45) is 0. The van der Waals surface area contributed by atoms with Gasteiger partial charge in [-0.3, -0.25) is 4.79 Å². The molecule has 0 fully saturated rings. The second-order valence-electron chi connectivity index (χ2n) is 3.78. The number of rotatable bonds is 3. The van der Waals surface area contributed by atoms with Crippen LogP contribution in [-0.4, -0.2) is 24.6 Å². The molecule has 2 N–H and O–H groups in total. The van der Waals surface area contributed by atoms with Crippen molar-refractivity contribution >= 4 is 30.1 Å². The Bertz CT molecular complexity index is 478. The van der Waals surface area contributed by atoms with Crippen LogP contribution in [0.3, 0.4) is 0 Å². The molecule has 0 bridgehead atoms. The van der Waals surface area contributed by atoms with Crippen molar-refractivity contribution in [2.75, 3.05) is 6.54 Å². The van der Waals surface area contributed by atoms with Gasteiger partial charge in [0.1, 0.15) is 0 Å². The third-order valence-corrected chi connectivity index (χ3v) is 2.65.